The van der Waals surface area contributed by atoms with E-state index in [0.717, 1.165) is 82.3 Å². The molecule has 2 amide bonds. The standard InChI is InChI=1S/C32H42ClN5O3/c1-19-4-6-23(7-5-19)32(10-11-32)30(40)36(2)24-8-12-38(13-9-24)29-25(33)27(35-37(29)3)28(39)34-26-21-14-20-15-22(26)18-31(41,16-20)17-21/h4-7,20-22,24,26,41H,8-18H2,1-3H3,(H,34,39). The molecule has 1 saturated heterocycles. The van der Waals surface area contributed by atoms with Crippen molar-refractivity contribution >= 4 is 29.2 Å². The zero-order valence-corrected chi connectivity index (χ0v) is 25.2. The molecule has 2 unspecified atom stereocenters. The molecule has 41 heavy (non-hydrogen) atoms. The van der Waals surface area contributed by atoms with E-state index in [0.29, 0.717) is 22.8 Å². The third-order valence-corrected chi connectivity index (χ3v) is 11.5. The second-order valence-electron chi connectivity index (χ2n) is 13.9. The summed E-state index contributed by atoms with van der Waals surface area (Å²) in [5, 5.41) is 19.1. The van der Waals surface area contributed by atoms with Crippen LogP contribution in [0.3, 0.4) is 0 Å². The van der Waals surface area contributed by atoms with E-state index < -0.39 is 5.60 Å². The predicted octanol–water partition coefficient (Wildman–Crippen LogP) is 4.21. The number of likely N-dealkylation sites (N-methyl/N-ethyl adjacent to an activating group) is 1. The van der Waals surface area contributed by atoms with E-state index in [-0.39, 0.29) is 35.0 Å². The van der Waals surface area contributed by atoms with Gasteiger partial charge in [0.25, 0.3) is 5.91 Å². The van der Waals surface area contributed by atoms with Crippen LogP contribution in [0.4, 0.5) is 5.82 Å². The van der Waals surface area contributed by atoms with Crippen LogP contribution < -0.4 is 10.2 Å². The summed E-state index contributed by atoms with van der Waals surface area (Å²) in [5.41, 5.74) is 1.73. The summed E-state index contributed by atoms with van der Waals surface area (Å²) in [4.78, 5) is 31.3. The summed E-state index contributed by atoms with van der Waals surface area (Å²) < 4.78 is 1.72. The van der Waals surface area contributed by atoms with Crippen LogP contribution in [0, 0.1) is 24.7 Å². The number of aromatic nitrogens is 2. The molecule has 5 saturated carbocycles. The smallest absolute Gasteiger partial charge is 0.273 e. The molecule has 9 heteroatoms. The molecule has 0 radical (unpaired) electrons. The van der Waals surface area contributed by atoms with Crippen LogP contribution in [0.25, 0.3) is 0 Å². The molecule has 1 aromatic heterocycles. The molecule has 2 N–H and O–H groups in total. The topological polar surface area (TPSA) is 90.7 Å². The molecule has 6 aliphatic rings. The third-order valence-electron chi connectivity index (χ3n) is 11.1. The highest BCUT2D eigenvalue weighted by Gasteiger charge is 2.55. The van der Waals surface area contributed by atoms with Crippen LogP contribution >= 0.6 is 11.6 Å². The number of carbonyl (C=O) groups is 2. The second kappa shape index (κ2) is 9.73. The normalized spacial score (nSPS) is 31.8. The fourth-order valence-corrected chi connectivity index (χ4v) is 9.37. The number of anilines is 1. The van der Waals surface area contributed by atoms with Gasteiger partial charge in [0.2, 0.25) is 5.91 Å². The molecule has 1 aromatic carbocycles. The molecule has 4 bridgehead atoms. The van der Waals surface area contributed by atoms with Crippen LogP contribution in [0.2, 0.25) is 5.02 Å². The Morgan fingerprint density at radius 2 is 1.71 bits per heavy atom. The number of hydrogen-bond donors (Lipinski definition) is 2. The van der Waals surface area contributed by atoms with Gasteiger partial charge in [-0.3, -0.25) is 14.3 Å². The van der Waals surface area contributed by atoms with E-state index in [9.17, 15) is 14.7 Å². The maximum atomic E-state index is 13.6. The summed E-state index contributed by atoms with van der Waals surface area (Å²) in [6, 6.07) is 8.67. The first-order valence-electron chi connectivity index (χ1n) is 15.4. The number of rotatable bonds is 6. The number of benzene rings is 1. The van der Waals surface area contributed by atoms with E-state index in [1.54, 1.807) is 4.68 Å². The molecular formula is C32H42ClN5O3. The lowest BCUT2D eigenvalue weighted by atomic mass is 9.52. The Balaban J connectivity index is 0.996. The third kappa shape index (κ3) is 4.56. The fourth-order valence-electron chi connectivity index (χ4n) is 9.01. The zero-order valence-electron chi connectivity index (χ0n) is 24.4. The minimum absolute atomic E-state index is 0.0827. The van der Waals surface area contributed by atoms with Crippen molar-refractivity contribution in [3.8, 4) is 0 Å². The van der Waals surface area contributed by atoms with Gasteiger partial charge in [0.15, 0.2) is 5.69 Å². The second-order valence-corrected chi connectivity index (χ2v) is 14.3. The van der Waals surface area contributed by atoms with E-state index in [1.807, 2.05) is 19.0 Å². The molecular weight excluding hydrogens is 538 g/mol. The van der Waals surface area contributed by atoms with Crippen LogP contribution in [0.1, 0.15) is 79.4 Å². The van der Waals surface area contributed by atoms with Gasteiger partial charge in [-0.15, -0.1) is 0 Å². The van der Waals surface area contributed by atoms with Crippen molar-refractivity contribution in [2.24, 2.45) is 24.8 Å². The number of piperidine rings is 1. The Morgan fingerprint density at radius 1 is 1.07 bits per heavy atom. The highest BCUT2D eigenvalue weighted by atomic mass is 35.5. The van der Waals surface area contributed by atoms with E-state index in [1.165, 1.54) is 5.56 Å². The molecule has 2 heterocycles. The molecule has 2 aromatic rings. The number of aryl methyl sites for hydroxylation is 2. The van der Waals surface area contributed by atoms with E-state index in [2.05, 4.69) is 46.5 Å². The monoisotopic (exact) mass is 579 g/mol. The number of aliphatic hydroxyl groups is 1. The molecule has 1 aliphatic heterocycles. The maximum Gasteiger partial charge on any atom is 0.273 e. The summed E-state index contributed by atoms with van der Waals surface area (Å²) in [6.07, 6.45) is 8.16. The zero-order chi connectivity index (χ0) is 28.7. The van der Waals surface area contributed by atoms with Crippen LogP contribution in [-0.2, 0) is 17.3 Å². The average Bonchev–Trinajstić information content (AvgIpc) is 3.69. The lowest BCUT2D eigenvalue weighted by Crippen LogP contribution is -2.61. The van der Waals surface area contributed by atoms with Crippen LogP contribution in [-0.4, -0.2) is 69.4 Å². The predicted molar refractivity (Wildman–Crippen MR) is 158 cm³/mol. The van der Waals surface area contributed by atoms with Gasteiger partial charge in [0, 0.05) is 39.3 Å². The SMILES string of the molecule is Cc1ccc(C2(C(=O)N(C)C3CCN(c4c(Cl)c(C(=O)NC5C6CC7CC5CC(O)(C7)C6)nn4C)CC3)CC2)cc1. The Labute approximate surface area is 247 Å². The highest BCUT2D eigenvalue weighted by Crippen LogP contribution is 2.56. The summed E-state index contributed by atoms with van der Waals surface area (Å²) in [5.74, 6) is 2.03. The van der Waals surface area contributed by atoms with Crippen molar-refractivity contribution < 1.29 is 14.7 Å². The Bertz CT molecular complexity index is 1340. The van der Waals surface area contributed by atoms with Gasteiger partial charge in [-0.25, -0.2) is 0 Å². The van der Waals surface area contributed by atoms with Crippen molar-refractivity contribution in [3.05, 3.63) is 46.1 Å². The van der Waals surface area contributed by atoms with Crippen molar-refractivity contribution in [1.29, 1.82) is 0 Å². The highest BCUT2D eigenvalue weighted by molar-refractivity contribution is 6.36. The fraction of sp³-hybridized carbons (Fsp3) is 0.656. The molecule has 0 spiro atoms. The molecule has 8 nitrogen and oxygen atoms in total. The first-order chi connectivity index (χ1) is 19.6. The first-order valence-corrected chi connectivity index (χ1v) is 15.8. The first kappa shape index (κ1) is 27.3. The average molecular weight is 580 g/mol. The quantitative estimate of drug-likeness (QED) is 0.535. The lowest BCUT2D eigenvalue weighted by Gasteiger charge is -2.58. The van der Waals surface area contributed by atoms with Crippen LogP contribution in [0.5, 0.6) is 0 Å². The number of nitrogens with zero attached hydrogens (tertiary/aromatic N) is 4. The number of carbonyl (C=O) groups excluding carboxylic acids is 2. The van der Waals surface area contributed by atoms with Crippen LogP contribution in [0.15, 0.2) is 24.3 Å². The van der Waals surface area contributed by atoms with Crippen molar-refractivity contribution in [2.75, 3.05) is 25.0 Å². The molecule has 2 atom stereocenters. The summed E-state index contributed by atoms with van der Waals surface area (Å²) in [7, 11) is 3.80. The van der Waals surface area contributed by atoms with E-state index >= 15 is 0 Å². The number of nitrogens with one attached hydrogen (secondary N) is 1. The molecule has 8 rings (SSSR count). The molecule has 220 valence electrons. The van der Waals surface area contributed by atoms with Gasteiger partial charge in [-0.2, -0.15) is 5.10 Å². The number of amides is 2. The maximum absolute atomic E-state index is 13.6. The van der Waals surface area contributed by atoms with Gasteiger partial charge in [0.1, 0.15) is 10.8 Å². The number of halogens is 1. The summed E-state index contributed by atoms with van der Waals surface area (Å²) in [6.45, 7) is 3.56. The minimum atomic E-state index is -0.530. The van der Waals surface area contributed by atoms with Gasteiger partial charge < -0.3 is 20.2 Å². The van der Waals surface area contributed by atoms with Crippen molar-refractivity contribution in [1.82, 2.24) is 20.0 Å². The summed E-state index contributed by atoms with van der Waals surface area (Å²) >= 11 is 6.85. The Kier molecular flexibility index (Phi) is 6.47. The Hall–Kier alpha value is -2.58. The lowest BCUT2D eigenvalue weighted by molar-refractivity contribution is -0.137. The van der Waals surface area contributed by atoms with E-state index in [4.69, 9.17) is 11.6 Å². The molecule has 6 fully saturated rings. The largest absolute Gasteiger partial charge is 0.390 e. The van der Waals surface area contributed by atoms with Crippen molar-refractivity contribution in [3.63, 3.8) is 0 Å². The van der Waals surface area contributed by atoms with Gasteiger partial charge in [0.05, 0.1) is 11.0 Å². The van der Waals surface area contributed by atoms with Crippen molar-refractivity contribution in [2.45, 2.75) is 87.8 Å². The van der Waals surface area contributed by atoms with Gasteiger partial charge >= 0.3 is 0 Å². The minimum Gasteiger partial charge on any atom is -0.390 e. The number of hydrogen-bond acceptors (Lipinski definition) is 5. The van der Waals surface area contributed by atoms with Gasteiger partial charge in [-0.1, -0.05) is 41.4 Å². The van der Waals surface area contributed by atoms with Gasteiger partial charge in [-0.05, 0) is 88.0 Å². The molecule has 5 aliphatic carbocycles. The Morgan fingerprint density at radius 3 is 2.29 bits per heavy atom.